The molecule has 116 valence electrons. The minimum absolute atomic E-state index is 0.280. The van der Waals surface area contributed by atoms with Gasteiger partial charge in [0.25, 0.3) is 5.91 Å². The summed E-state index contributed by atoms with van der Waals surface area (Å²) in [7, 11) is 1.48. The highest BCUT2D eigenvalue weighted by Crippen LogP contribution is 2.28. The molecule has 0 fully saturated rings. The first kappa shape index (κ1) is 16.8. The Bertz CT molecular complexity index is 529. The largest absolute Gasteiger partial charge is 0.493 e. The lowest BCUT2D eigenvalue weighted by molar-refractivity contribution is -0.143. The van der Waals surface area contributed by atoms with Gasteiger partial charge in [0.15, 0.2) is 11.5 Å². The lowest BCUT2D eigenvalue weighted by Gasteiger charge is -2.24. The van der Waals surface area contributed by atoms with Crippen LogP contribution in [0.5, 0.6) is 11.5 Å². The Morgan fingerprint density at radius 2 is 1.95 bits per heavy atom. The molecule has 1 unspecified atom stereocenters. The van der Waals surface area contributed by atoms with E-state index in [0.717, 1.165) is 0 Å². The summed E-state index contributed by atoms with van der Waals surface area (Å²) in [5.41, 5.74) is -0.987. The fourth-order valence-electron chi connectivity index (χ4n) is 1.70. The van der Waals surface area contributed by atoms with Gasteiger partial charge in [-0.25, -0.2) is 4.79 Å². The molecule has 1 aromatic carbocycles. The van der Waals surface area contributed by atoms with Gasteiger partial charge in [0, 0.05) is 5.56 Å². The van der Waals surface area contributed by atoms with Gasteiger partial charge in [-0.2, -0.15) is 0 Å². The molecule has 6 nitrogen and oxygen atoms in total. The number of carboxylic acid groups (broad SMARTS) is 1. The van der Waals surface area contributed by atoms with Crippen LogP contribution in [0.25, 0.3) is 0 Å². The Hall–Kier alpha value is -2.24. The third-order valence-corrected chi connectivity index (χ3v) is 3.29. The molecule has 0 saturated heterocycles. The number of hydrogen-bond acceptors (Lipinski definition) is 4. The van der Waals surface area contributed by atoms with E-state index in [0.29, 0.717) is 23.7 Å². The van der Waals surface area contributed by atoms with E-state index in [1.807, 2.05) is 6.92 Å². The van der Waals surface area contributed by atoms with E-state index < -0.39 is 17.4 Å². The minimum atomic E-state index is -1.30. The molecule has 1 amide bonds. The van der Waals surface area contributed by atoms with Crippen LogP contribution in [0, 0.1) is 0 Å². The number of carbonyl (C=O) groups excluding carboxylic acids is 1. The highest BCUT2D eigenvalue weighted by Gasteiger charge is 2.33. The molecule has 2 N–H and O–H groups in total. The molecule has 0 heterocycles. The highest BCUT2D eigenvalue weighted by atomic mass is 16.5. The van der Waals surface area contributed by atoms with Gasteiger partial charge in [-0.1, -0.05) is 6.92 Å². The zero-order valence-electron chi connectivity index (χ0n) is 12.7. The van der Waals surface area contributed by atoms with Crippen LogP contribution in [-0.4, -0.2) is 36.2 Å². The Labute approximate surface area is 124 Å². The molecule has 0 aromatic heterocycles. The number of amides is 1. The normalized spacial score (nSPS) is 13.1. The molecular formula is C15H21NO5. The number of aliphatic carboxylic acids is 1. The van der Waals surface area contributed by atoms with Crippen molar-refractivity contribution < 1.29 is 24.2 Å². The number of benzene rings is 1. The predicted molar refractivity (Wildman–Crippen MR) is 78.0 cm³/mol. The average Bonchev–Trinajstić information content (AvgIpc) is 2.47. The molecular weight excluding hydrogens is 274 g/mol. The smallest absolute Gasteiger partial charge is 0.329 e. The van der Waals surface area contributed by atoms with Crippen molar-refractivity contribution in [2.75, 3.05) is 13.7 Å². The van der Waals surface area contributed by atoms with Crippen molar-refractivity contribution in [3.05, 3.63) is 23.8 Å². The molecule has 0 bridgehead atoms. The lowest BCUT2D eigenvalue weighted by Crippen LogP contribution is -2.51. The van der Waals surface area contributed by atoms with E-state index in [4.69, 9.17) is 9.47 Å². The van der Waals surface area contributed by atoms with Gasteiger partial charge in [-0.05, 0) is 38.5 Å². The number of carbonyl (C=O) groups is 2. The van der Waals surface area contributed by atoms with Crippen LogP contribution in [0.3, 0.4) is 0 Å². The standard InChI is InChI=1S/C15H21NO5/c1-5-15(3,14(18)19)16-13(17)10-7-8-11(21-6-2)12(9-10)20-4/h7-9H,5-6H2,1-4H3,(H,16,17)(H,18,19). The Morgan fingerprint density at radius 3 is 2.43 bits per heavy atom. The second-order valence-corrected chi connectivity index (χ2v) is 4.74. The molecule has 0 aliphatic heterocycles. The number of hydrogen-bond donors (Lipinski definition) is 2. The summed E-state index contributed by atoms with van der Waals surface area (Å²) in [4.78, 5) is 23.4. The summed E-state index contributed by atoms with van der Waals surface area (Å²) < 4.78 is 10.5. The molecule has 1 aromatic rings. The van der Waals surface area contributed by atoms with Gasteiger partial charge in [0.1, 0.15) is 5.54 Å². The molecule has 1 atom stereocenters. The third kappa shape index (κ3) is 3.87. The maximum Gasteiger partial charge on any atom is 0.329 e. The summed E-state index contributed by atoms with van der Waals surface area (Å²) in [6, 6.07) is 4.72. The van der Waals surface area contributed by atoms with Crippen molar-refractivity contribution in [1.29, 1.82) is 0 Å². The minimum Gasteiger partial charge on any atom is -0.493 e. The van der Waals surface area contributed by atoms with Crippen LogP contribution in [-0.2, 0) is 4.79 Å². The second kappa shape index (κ2) is 6.97. The van der Waals surface area contributed by atoms with Crippen LogP contribution in [0.4, 0.5) is 0 Å². The van der Waals surface area contributed by atoms with Crippen LogP contribution in [0.15, 0.2) is 18.2 Å². The quantitative estimate of drug-likeness (QED) is 0.804. The van der Waals surface area contributed by atoms with Crippen LogP contribution in [0.1, 0.15) is 37.6 Å². The van der Waals surface area contributed by atoms with Gasteiger partial charge in [-0.3, -0.25) is 4.79 Å². The first-order chi connectivity index (χ1) is 9.87. The highest BCUT2D eigenvalue weighted by molar-refractivity contribution is 5.98. The van der Waals surface area contributed by atoms with E-state index in [1.165, 1.54) is 20.1 Å². The summed E-state index contributed by atoms with van der Waals surface area (Å²) in [5.74, 6) is -0.578. The number of ether oxygens (including phenoxy) is 2. The molecule has 0 saturated carbocycles. The topological polar surface area (TPSA) is 84.9 Å². The molecule has 0 radical (unpaired) electrons. The maximum absolute atomic E-state index is 12.2. The van der Waals surface area contributed by atoms with Crippen molar-refractivity contribution >= 4 is 11.9 Å². The SMILES string of the molecule is CCOc1ccc(C(=O)NC(C)(CC)C(=O)O)cc1OC. The first-order valence-corrected chi connectivity index (χ1v) is 6.74. The van der Waals surface area contributed by atoms with Gasteiger partial charge in [-0.15, -0.1) is 0 Å². The molecule has 0 aliphatic rings. The van der Waals surface area contributed by atoms with Crippen molar-refractivity contribution in [2.24, 2.45) is 0 Å². The van der Waals surface area contributed by atoms with Crippen molar-refractivity contribution in [1.82, 2.24) is 5.32 Å². The van der Waals surface area contributed by atoms with E-state index in [-0.39, 0.29) is 6.42 Å². The van der Waals surface area contributed by atoms with Crippen molar-refractivity contribution in [3.8, 4) is 11.5 Å². The van der Waals surface area contributed by atoms with Crippen molar-refractivity contribution in [3.63, 3.8) is 0 Å². The van der Waals surface area contributed by atoms with E-state index in [1.54, 1.807) is 19.1 Å². The number of methoxy groups -OCH3 is 1. The maximum atomic E-state index is 12.2. The third-order valence-electron chi connectivity index (χ3n) is 3.29. The van der Waals surface area contributed by atoms with Crippen molar-refractivity contribution in [2.45, 2.75) is 32.7 Å². The summed E-state index contributed by atoms with van der Waals surface area (Å²) >= 11 is 0. The summed E-state index contributed by atoms with van der Waals surface area (Å²) in [6.07, 6.45) is 0.280. The number of carboxylic acids is 1. The van der Waals surface area contributed by atoms with E-state index in [9.17, 15) is 14.7 Å². The lowest BCUT2D eigenvalue weighted by atomic mass is 9.98. The Morgan fingerprint density at radius 1 is 1.29 bits per heavy atom. The van der Waals surface area contributed by atoms with Gasteiger partial charge < -0.3 is 19.9 Å². The number of nitrogens with one attached hydrogen (secondary N) is 1. The second-order valence-electron chi connectivity index (χ2n) is 4.74. The van der Waals surface area contributed by atoms with Gasteiger partial charge in [0.2, 0.25) is 0 Å². The van der Waals surface area contributed by atoms with Gasteiger partial charge >= 0.3 is 5.97 Å². The number of rotatable bonds is 7. The molecule has 0 spiro atoms. The van der Waals surface area contributed by atoms with E-state index >= 15 is 0 Å². The van der Waals surface area contributed by atoms with Gasteiger partial charge in [0.05, 0.1) is 13.7 Å². The van der Waals surface area contributed by atoms with Crippen LogP contribution in [0.2, 0.25) is 0 Å². The fourth-order valence-corrected chi connectivity index (χ4v) is 1.70. The van der Waals surface area contributed by atoms with E-state index in [2.05, 4.69) is 5.32 Å². The van der Waals surface area contributed by atoms with Crippen LogP contribution >= 0.6 is 0 Å². The first-order valence-electron chi connectivity index (χ1n) is 6.74. The summed E-state index contributed by atoms with van der Waals surface area (Å²) in [5, 5.41) is 11.7. The monoisotopic (exact) mass is 295 g/mol. The average molecular weight is 295 g/mol. The molecule has 0 aliphatic carbocycles. The summed E-state index contributed by atoms with van der Waals surface area (Å²) in [6.45, 7) is 5.50. The Balaban J connectivity index is 3.00. The molecule has 6 heteroatoms. The zero-order chi connectivity index (χ0) is 16.0. The predicted octanol–water partition coefficient (Wildman–Crippen LogP) is 2.08. The van der Waals surface area contributed by atoms with Crippen LogP contribution < -0.4 is 14.8 Å². The fraction of sp³-hybridized carbons (Fsp3) is 0.467. The zero-order valence-corrected chi connectivity index (χ0v) is 12.7. The molecule has 1 rings (SSSR count). The molecule has 21 heavy (non-hydrogen) atoms. The Kier molecular flexibility index (Phi) is 5.58.